The number of hydrogen-bond donors (Lipinski definition) is 1. The molecule has 0 aromatic heterocycles. The van der Waals surface area contributed by atoms with E-state index in [4.69, 9.17) is 9.84 Å². The number of carbonyl (C=O) groups is 2. The van der Waals surface area contributed by atoms with E-state index in [-0.39, 0.29) is 5.91 Å². The standard InChI is InChI=1S/C20H23NO4/c1-13-6-5-7-16(8-13)11-21(4)20(24)17-9-14(2)19(15(3)10-17)25-12-18(22)23/h5-10H,11-12H2,1-4H3,(H,22,23). The van der Waals surface area contributed by atoms with Crippen LogP contribution in [-0.4, -0.2) is 35.5 Å². The van der Waals surface area contributed by atoms with Crippen molar-refractivity contribution in [2.45, 2.75) is 27.3 Å². The Morgan fingerprint density at radius 1 is 1.08 bits per heavy atom. The number of hydrogen-bond acceptors (Lipinski definition) is 3. The van der Waals surface area contributed by atoms with Gasteiger partial charge in [-0.2, -0.15) is 0 Å². The molecular weight excluding hydrogens is 318 g/mol. The van der Waals surface area contributed by atoms with Crippen LogP contribution in [0.4, 0.5) is 0 Å². The number of carboxylic acids is 1. The zero-order valence-corrected chi connectivity index (χ0v) is 15.0. The van der Waals surface area contributed by atoms with Crippen molar-refractivity contribution in [3.8, 4) is 5.75 Å². The molecule has 2 rings (SSSR count). The van der Waals surface area contributed by atoms with Gasteiger partial charge < -0.3 is 14.7 Å². The van der Waals surface area contributed by atoms with Crippen LogP contribution in [0.15, 0.2) is 36.4 Å². The molecule has 0 aliphatic heterocycles. The monoisotopic (exact) mass is 341 g/mol. The third-order valence-electron chi connectivity index (χ3n) is 3.90. The van der Waals surface area contributed by atoms with Crippen LogP contribution in [0.1, 0.15) is 32.6 Å². The van der Waals surface area contributed by atoms with Gasteiger partial charge in [-0.1, -0.05) is 29.8 Å². The first-order valence-corrected chi connectivity index (χ1v) is 8.04. The van der Waals surface area contributed by atoms with E-state index in [1.54, 1.807) is 24.1 Å². The van der Waals surface area contributed by atoms with Crippen molar-refractivity contribution in [1.82, 2.24) is 4.90 Å². The number of aliphatic carboxylic acids is 1. The molecule has 0 fully saturated rings. The Morgan fingerprint density at radius 3 is 2.28 bits per heavy atom. The van der Waals surface area contributed by atoms with E-state index in [1.165, 1.54) is 0 Å². The van der Waals surface area contributed by atoms with Gasteiger partial charge in [0.2, 0.25) is 0 Å². The van der Waals surface area contributed by atoms with Crippen molar-refractivity contribution in [2.24, 2.45) is 0 Å². The van der Waals surface area contributed by atoms with Gasteiger partial charge in [0, 0.05) is 19.2 Å². The summed E-state index contributed by atoms with van der Waals surface area (Å²) in [4.78, 5) is 25.0. The molecule has 0 saturated carbocycles. The van der Waals surface area contributed by atoms with Gasteiger partial charge in [-0.25, -0.2) is 4.79 Å². The highest BCUT2D eigenvalue weighted by Crippen LogP contribution is 2.25. The summed E-state index contributed by atoms with van der Waals surface area (Å²) in [6, 6.07) is 11.5. The summed E-state index contributed by atoms with van der Waals surface area (Å²) in [5.74, 6) is -0.602. The highest BCUT2D eigenvalue weighted by molar-refractivity contribution is 5.94. The second-order valence-corrected chi connectivity index (χ2v) is 6.27. The largest absolute Gasteiger partial charge is 0.481 e. The Morgan fingerprint density at radius 2 is 1.72 bits per heavy atom. The fraction of sp³-hybridized carbons (Fsp3) is 0.300. The lowest BCUT2D eigenvalue weighted by atomic mass is 10.0. The fourth-order valence-electron chi connectivity index (χ4n) is 2.81. The van der Waals surface area contributed by atoms with Gasteiger partial charge in [-0.05, 0) is 49.6 Å². The topological polar surface area (TPSA) is 66.8 Å². The zero-order chi connectivity index (χ0) is 18.6. The van der Waals surface area contributed by atoms with Gasteiger partial charge in [0.15, 0.2) is 6.61 Å². The van der Waals surface area contributed by atoms with E-state index in [0.29, 0.717) is 17.9 Å². The number of benzene rings is 2. The molecular formula is C20H23NO4. The molecule has 1 amide bonds. The third-order valence-corrected chi connectivity index (χ3v) is 3.90. The summed E-state index contributed by atoms with van der Waals surface area (Å²) in [5.41, 5.74) is 4.28. The van der Waals surface area contributed by atoms with Gasteiger partial charge in [0.1, 0.15) is 5.75 Å². The summed E-state index contributed by atoms with van der Waals surface area (Å²) in [5, 5.41) is 8.75. The first kappa shape index (κ1) is 18.5. The molecule has 0 unspecified atom stereocenters. The van der Waals surface area contributed by atoms with Crippen molar-refractivity contribution in [3.63, 3.8) is 0 Å². The van der Waals surface area contributed by atoms with Crippen molar-refractivity contribution in [1.29, 1.82) is 0 Å². The number of ether oxygens (including phenoxy) is 1. The number of carboxylic acid groups (broad SMARTS) is 1. The molecule has 1 N–H and O–H groups in total. The van der Waals surface area contributed by atoms with Gasteiger partial charge in [-0.3, -0.25) is 4.79 Å². The van der Waals surface area contributed by atoms with Gasteiger partial charge in [0.05, 0.1) is 0 Å². The molecule has 5 nitrogen and oxygen atoms in total. The van der Waals surface area contributed by atoms with Crippen LogP contribution in [0.3, 0.4) is 0 Å². The number of carbonyl (C=O) groups excluding carboxylic acids is 1. The highest BCUT2D eigenvalue weighted by Gasteiger charge is 2.16. The van der Waals surface area contributed by atoms with Crippen molar-refractivity contribution < 1.29 is 19.4 Å². The van der Waals surface area contributed by atoms with Crippen LogP contribution < -0.4 is 4.74 Å². The number of amides is 1. The molecule has 0 atom stereocenters. The van der Waals surface area contributed by atoms with E-state index >= 15 is 0 Å². The smallest absolute Gasteiger partial charge is 0.341 e. The SMILES string of the molecule is Cc1cccc(CN(C)C(=O)c2cc(C)c(OCC(=O)O)c(C)c2)c1. The van der Waals surface area contributed by atoms with Gasteiger partial charge >= 0.3 is 5.97 Å². The van der Waals surface area contributed by atoms with Crippen molar-refractivity contribution in [2.75, 3.05) is 13.7 Å². The van der Waals surface area contributed by atoms with Gasteiger partial charge in [-0.15, -0.1) is 0 Å². The van der Waals surface area contributed by atoms with Gasteiger partial charge in [0.25, 0.3) is 5.91 Å². The first-order chi connectivity index (χ1) is 11.8. The van der Waals surface area contributed by atoms with Crippen LogP contribution in [0.2, 0.25) is 0 Å². The number of aryl methyl sites for hydroxylation is 3. The molecule has 5 heteroatoms. The second-order valence-electron chi connectivity index (χ2n) is 6.27. The van der Waals surface area contributed by atoms with E-state index in [0.717, 1.165) is 22.3 Å². The quantitative estimate of drug-likeness (QED) is 0.875. The molecule has 0 aliphatic carbocycles. The van der Waals surface area contributed by atoms with Crippen LogP contribution in [-0.2, 0) is 11.3 Å². The van der Waals surface area contributed by atoms with Crippen molar-refractivity contribution >= 4 is 11.9 Å². The molecule has 0 bridgehead atoms. The summed E-state index contributed by atoms with van der Waals surface area (Å²) in [7, 11) is 1.77. The molecule has 25 heavy (non-hydrogen) atoms. The third kappa shape index (κ3) is 4.83. The maximum absolute atomic E-state index is 12.7. The number of nitrogens with zero attached hydrogens (tertiary/aromatic N) is 1. The minimum atomic E-state index is -1.03. The minimum Gasteiger partial charge on any atom is -0.481 e. The normalized spacial score (nSPS) is 10.4. The van der Waals surface area contributed by atoms with E-state index in [1.807, 2.05) is 39.0 Å². The predicted molar refractivity (Wildman–Crippen MR) is 96.0 cm³/mol. The van der Waals surface area contributed by atoms with E-state index in [2.05, 4.69) is 6.07 Å². The van der Waals surface area contributed by atoms with Crippen LogP contribution in [0.5, 0.6) is 5.75 Å². The highest BCUT2D eigenvalue weighted by atomic mass is 16.5. The molecule has 0 heterocycles. The molecule has 0 radical (unpaired) electrons. The van der Waals surface area contributed by atoms with E-state index in [9.17, 15) is 9.59 Å². The summed E-state index contributed by atoms with van der Waals surface area (Å²) in [6.07, 6.45) is 0. The molecule has 0 aliphatic rings. The lowest BCUT2D eigenvalue weighted by Crippen LogP contribution is -2.26. The summed E-state index contributed by atoms with van der Waals surface area (Å²) >= 11 is 0. The summed E-state index contributed by atoms with van der Waals surface area (Å²) in [6.45, 7) is 5.76. The van der Waals surface area contributed by atoms with Crippen LogP contribution >= 0.6 is 0 Å². The minimum absolute atomic E-state index is 0.0857. The van der Waals surface area contributed by atoms with Crippen molar-refractivity contribution in [3.05, 3.63) is 64.2 Å². The lowest BCUT2D eigenvalue weighted by Gasteiger charge is -2.19. The van der Waals surface area contributed by atoms with E-state index < -0.39 is 12.6 Å². The van der Waals surface area contributed by atoms with Crippen LogP contribution in [0.25, 0.3) is 0 Å². The Bertz CT molecular complexity index is 775. The maximum atomic E-state index is 12.7. The maximum Gasteiger partial charge on any atom is 0.341 e. The molecule has 0 spiro atoms. The fourth-order valence-corrected chi connectivity index (χ4v) is 2.81. The number of rotatable bonds is 6. The zero-order valence-electron chi connectivity index (χ0n) is 15.0. The van der Waals surface area contributed by atoms with Crippen LogP contribution in [0, 0.1) is 20.8 Å². The summed E-state index contributed by atoms with van der Waals surface area (Å²) < 4.78 is 5.31. The average molecular weight is 341 g/mol. The Labute approximate surface area is 147 Å². The molecule has 0 saturated heterocycles. The molecule has 2 aromatic rings. The lowest BCUT2D eigenvalue weighted by molar-refractivity contribution is -0.139. The molecule has 132 valence electrons. The first-order valence-electron chi connectivity index (χ1n) is 8.04. The Balaban J connectivity index is 2.17. The second kappa shape index (κ2) is 7.83. The Hall–Kier alpha value is -2.82. The Kier molecular flexibility index (Phi) is 5.80. The predicted octanol–water partition coefficient (Wildman–Crippen LogP) is 3.35. The molecule has 2 aromatic carbocycles. The average Bonchev–Trinajstić information content (AvgIpc) is 2.52.